The summed E-state index contributed by atoms with van der Waals surface area (Å²) >= 11 is 0. The number of rotatable bonds is 1. The number of amides is 1. The van der Waals surface area contributed by atoms with E-state index in [2.05, 4.69) is 10.3 Å². The normalized spacial score (nSPS) is 16.5. The van der Waals surface area contributed by atoms with Crippen molar-refractivity contribution in [1.82, 2.24) is 15.2 Å². The van der Waals surface area contributed by atoms with E-state index in [1.54, 1.807) is 11.0 Å². The van der Waals surface area contributed by atoms with Crippen LogP contribution in [0.2, 0.25) is 0 Å². The van der Waals surface area contributed by atoms with Crippen LogP contribution in [0.25, 0.3) is 0 Å². The molecule has 1 saturated heterocycles. The van der Waals surface area contributed by atoms with E-state index in [9.17, 15) is 9.18 Å². The minimum atomic E-state index is -0.693. The molecule has 0 saturated carbocycles. The standard InChI is InChI=1S/C10H12FN3O/c11-9-8(2-1-3-13-9)10(15)14-6-4-12-5-7-14/h1-3,12H,4-7H2. The fraction of sp³-hybridized carbons (Fsp3) is 0.400. The van der Waals surface area contributed by atoms with Crippen LogP contribution in [0, 0.1) is 5.95 Å². The largest absolute Gasteiger partial charge is 0.336 e. The van der Waals surface area contributed by atoms with Crippen LogP contribution in [-0.4, -0.2) is 42.0 Å². The second-order valence-electron chi connectivity index (χ2n) is 3.38. The van der Waals surface area contributed by atoms with Crippen LogP contribution in [0.1, 0.15) is 10.4 Å². The summed E-state index contributed by atoms with van der Waals surface area (Å²) in [4.78, 5) is 16.9. The topological polar surface area (TPSA) is 45.2 Å². The van der Waals surface area contributed by atoms with Crippen molar-refractivity contribution in [3.63, 3.8) is 0 Å². The predicted molar refractivity (Wildman–Crippen MR) is 53.0 cm³/mol. The van der Waals surface area contributed by atoms with Crippen LogP contribution in [0.3, 0.4) is 0 Å². The first kappa shape index (κ1) is 10.0. The number of hydrogen-bond acceptors (Lipinski definition) is 3. The summed E-state index contributed by atoms with van der Waals surface area (Å²) in [6.45, 7) is 2.75. The Hall–Kier alpha value is -1.49. The zero-order valence-corrected chi connectivity index (χ0v) is 8.24. The summed E-state index contributed by atoms with van der Waals surface area (Å²) in [5.41, 5.74) is 0.0550. The predicted octanol–water partition coefficient (Wildman–Crippen LogP) is 0.266. The van der Waals surface area contributed by atoms with E-state index < -0.39 is 5.95 Å². The number of piperazine rings is 1. The molecule has 0 unspecified atom stereocenters. The number of nitrogens with one attached hydrogen (secondary N) is 1. The molecule has 2 heterocycles. The SMILES string of the molecule is O=C(c1cccnc1F)N1CCNCC1. The molecule has 0 bridgehead atoms. The van der Waals surface area contributed by atoms with Crippen LogP contribution in [0.5, 0.6) is 0 Å². The number of halogens is 1. The van der Waals surface area contributed by atoms with Crippen LogP contribution in [0.4, 0.5) is 4.39 Å². The third kappa shape index (κ3) is 2.12. The van der Waals surface area contributed by atoms with Gasteiger partial charge in [-0.3, -0.25) is 4.79 Å². The lowest BCUT2D eigenvalue weighted by Crippen LogP contribution is -2.46. The maximum atomic E-state index is 13.2. The third-order valence-electron chi connectivity index (χ3n) is 2.39. The fourth-order valence-electron chi connectivity index (χ4n) is 1.58. The van der Waals surface area contributed by atoms with E-state index in [1.807, 2.05) is 0 Å². The second kappa shape index (κ2) is 4.35. The molecule has 0 aromatic carbocycles. The lowest BCUT2D eigenvalue weighted by Gasteiger charge is -2.27. The summed E-state index contributed by atoms with van der Waals surface area (Å²) in [6.07, 6.45) is 1.34. The maximum Gasteiger partial charge on any atom is 0.258 e. The first-order valence-electron chi connectivity index (χ1n) is 4.89. The molecule has 0 aliphatic carbocycles. The highest BCUT2D eigenvalue weighted by Crippen LogP contribution is 2.08. The minimum Gasteiger partial charge on any atom is -0.336 e. The molecule has 1 aliphatic rings. The lowest BCUT2D eigenvalue weighted by atomic mass is 10.2. The third-order valence-corrected chi connectivity index (χ3v) is 2.39. The Bertz CT molecular complexity index is 363. The van der Waals surface area contributed by atoms with Gasteiger partial charge in [0.25, 0.3) is 5.91 Å². The van der Waals surface area contributed by atoms with Gasteiger partial charge in [0, 0.05) is 32.4 Å². The summed E-state index contributed by atoms with van der Waals surface area (Å²) in [6, 6.07) is 3.03. The highest BCUT2D eigenvalue weighted by molar-refractivity contribution is 5.94. The van der Waals surface area contributed by atoms with Crippen molar-refractivity contribution in [1.29, 1.82) is 0 Å². The molecule has 0 atom stereocenters. The maximum absolute atomic E-state index is 13.2. The second-order valence-corrected chi connectivity index (χ2v) is 3.38. The van der Waals surface area contributed by atoms with E-state index in [1.165, 1.54) is 12.3 Å². The van der Waals surface area contributed by atoms with Crippen molar-refractivity contribution in [2.45, 2.75) is 0 Å². The Labute approximate surface area is 87.1 Å². The summed E-state index contributed by atoms with van der Waals surface area (Å²) in [7, 11) is 0. The van der Waals surface area contributed by atoms with Gasteiger partial charge in [0.05, 0.1) is 5.56 Å². The molecule has 1 aliphatic heterocycles. The van der Waals surface area contributed by atoms with E-state index in [0.717, 1.165) is 13.1 Å². The monoisotopic (exact) mass is 209 g/mol. The number of carbonyl (C=O) groups is 1. The Morgan fingerprint density at radius 1 is 1.47 bits per heavy atom. The van der Waals surface area contributed by atoms with Crippen molar-refractivity contribution in [3.05, 3.63) is 29.8 Å². The van der Waals surface area contributed by atoms with Gasteiger partial charge in [-0.2, -0.15) is 4.39 Å². The Balaban J connectivity index is 2.16. The molecule has 1 N–H and O–H groups in total. The molecule has 4 nitrogen and oxygen atoms in total. The molecule has 1 aromatic heterocycles. The molecule has 2 rings (SSSR count). The van der Waals surface area contributed by atoms with E-state index in [0.29, 0.717) is 13.1 Å². The molecule has 0 spiro atoms. The summed E-state index contributed by atoms with van der Waals surface area (Å²) in [5, 5.41) is 3.13. The molecule has 1 fully saturated rings. The molecular weight excluding hydrogens is 197 g/mol. The zero-order chi connectivity index (χ0) is 10.7. The average molecular weight is 209 g/mol. The van der Waals surface area contributed by atoms with Gasteiger partial charge >= 0.3 is 0 Å². The van der Waals surface area contributed by atoms with E-state index in [-0.39, 0.29) is 11.5 Å². The van der Waals surface area contributed by atoms with Crippen molar-refractivity contribution in [3.8, 4) is 0 Å². The van der Waals surface area contributed by atoms with Gasteiger partial charge in [0.1, 0.15) is 0 Å². The molecule has 80 valence electrons. The number of nitrogens with zero attached hydrogens (tertiary/aromatic N) is 2. The quantitative estimate of drug-likeness (QED) is 0.675. The fourth-order valence-corrected chi connectivity index (χ4v) is 1.58. The van der Waals surface area contributed by atoms with E-state index in [4.69, 9.17) is 0 Å². The van der Waals surface area contributed by atoms with E-state index >= 15 is 0 Å². The van der Waals surface area contributed by atoms with Crippen LogP contribution in [0.15, 0.2) is 18.3 Å². The van der Waals surface area contributed by atoms with Crippen molar-refractivity contribution < 1.29 is 9.18 Å². The minimum absolute atomic E-state index is 0.0550. The van der Waals surface area contributed by atoms with Crippen LogP contribution >= 0.6 is 0 Å². The number of hydrogen-bond donors (Lipinski definition) is 1. The molecule has 15 heavy (non-hydrogen) atoms. The van der Waals surface area contributed by atoms with Gasteiger partial charge in [-0.05, 0) is 12.1 Å². The Morgan fingerprint density at radius 3 is 2.87 bits per heavy atom. The first-order valence-corrected chi connectivity index (χ1v) is 4.89. The zero-order valence-electron chi connectivity index (χ0n) is 8.24. The van der Waals surface area contributed by atoms with Crippen LogP contribution < -0.4 is 5.32 Å². The van der Waals surface area contributed by atoms with Crippen molar-refractivity contribution >= 4 is 5.91 Å². The van der Waals surface area contributed by atoms with Gasteiger partial charge in [0.15, 0.2) is 0 Å². The molecule has 5 heteroatoms. The highest BCUT2D eigenvalue weighted by Gasteiger charge is 2.20. The smallest absolute Gasteiger partial charge is 0.258 e. The van der Waals surface area contributed by atoms with Crippen molar-refractivity contribution in [2.75, 3.05) is 26.2 Å². The Morgan fingerprint density at radius 2 is 2.20 bits per heavy atom. The molecule has 1 amide bonds. The van der Waals surface area contributed by atoms with Gasteiger partial charge in [-0.1, -0.05) is 0 Å². The highest BCUT2D eigenvalue weighted by atomic mass is 19.1. The van der Waals surface area contributed by atoms with Gasteiger partial charge < -0.3 is 10.2 Å². The lowest BCUT2D eigenvalue weighted by molar-refractivity contribution is 0.0730. The number of carbonyl (C=O) groups excluding carboxylic acids is 1. The summed E-state index contributed by atoms with van der Waals surface area (Å²) in [5.74, 6) is -0.969. The van der Waals surface area contributed by atoms with Crippen molar-refractivity contribution in [2.24, 2.45) is 0 Å². The van der Waals surface area contributed by atoms with Crippen LogP contribution in [-0.2, 0) is 0 Å². The van der Waals surface area contributed by atoms with Gasteiger partial charge in [0.2, 0.25) is 5.95 Å². The average Bonchev–Trinajstić information content (AvgIpc) is 2.30. The first-order chi connectivity index (χ1) is 7.29. The molecular formula is C10H12FN3O. The molecule has 1 aromatic rings. The van der Waals surface area contributed by atoms with Gasteiger partial charge in [-0.25, -0.2) is 4.98 Å². The summed E-state index contributed by atoms with van der Waals surface area (Å²) < 4.78 is 13.2. The van der Waals surface area contributed by atoms with Gasteiger partial charge in [-0.15, -0.1) is 0 Å². The Kier molecular flexibility index (Phi) is 2.91. The number of aromatic nitrogens is 1. The molecule has 0 radical (unpaired) electrons. The number of pyridine rings is 1.